The molecule has 0 aliphatic carbocycles. The van der Waals surface area contributed by atoms with Gasteiger partial charge in [-0.2, -0.15) is 0 Å². The normalized spacial score (nSPS) is 10.9. The molecule has 0 saturated carbocycles. The van der Waals surface area contributed by atoms with Crippen LogP contribution in [0.25, 0.3) is 11.8 Å². The summed E-state index contributed by atoms with van der Waals surface area (Å²) in [7, 11) is 1.55. The van der Waals surface area contributed by atoms with Gasteiger partial charge in [0.25, 0.3) is 5.69 Å². The summed E-state index contributed by atoms with van der Waals surface area (Å²) < 4.78 is 13.1. The first kappa shape index (κ1) is 23.8. The van der Waals surface area contributed by atoms with Gasteiger partial charge in [0.05, 0.1) is 17.1 Å². The number of rotatable bonds is 9. The minimum Gasteiger partial charge on any atom is -0.496 e. The van der Waals surface area contributed by atoms with E-state index in [9.17, 15) is 14.9 Å². The van der Waals surface area contributed by atoms with E-state index < -0.39 is 4.92 Å². The number of aromatic nitrogens is 1. The lowest BCUT2D eigenvalue weighted by Crippen LogP contribution is -2.00. The summed E-state index contributed by atoms with van der Waals surface area (Å²) in [6.07, 6.45) is 7.13. The first-order chi connectivity index (χ1) is 16.9. The molecule has 0 saturated heterocycles. The lowest BCUT2D eigenvalue weighted by atomic mass is 10.1. The van der Waals surface area contributed by atoms with Gasteiger partial charge in [-0.25, -0.2) is 0 Å². The molecule has 0 radical (unpaired) electrons. The lowest BCUT2D eigenvalue weighted by Gasteiger charge is -2.12. The quantitative estimate of drug-likeness (QED) is 0.116. The van der Waals surface area contributed by atoms with Gasteiger partial charge in [-0.3, -0.25) is 14.9 Å². The lowest BCUT2D eigenvalue weighted by molar-refractivity contribution is -0.384. The number of carbonyl (C=O) groups excluding carboxylic acids is 1. The molecule has 1 heterocycles. The van der Waals surface area contributed by atoms with Crippen LogP contribution in [0.1, 0.15) is 21.5 Å². The van der Waals surface area contributed by atoms with Crippen LogP contribution in [-0.2, 0) is 6.61 Å². The van der Waals surface area contributed by atoms with E-state index in [1.165, 1.54) is 24.3 Å². The van der Waals surface area contributed by atoms with Gasteiger partial charge in [0.1, 0.15) is 18.1 Å². The maximum absolute atomic E-state index is 12.6. The predicted molar refractivity (Wildman–Crippen MR) is 135 cm³/mol. The summed E-state index contributed by atoms with van der Waals surface area (Å²) in [5.41, 5.74) is 2.96. The summed E-state index contributed by atoms with van der Waals surface area (Å²) >= 11 is 6.12. The van der Waals surface area contributed by atoms with E-state index in [2.05, 4.69) is 0 Å². The van der Waals surface area contributed by atoms with Crippen LogP contribution in [0.5, 0.6) is 11.5 Å². The van der Waals surface area contributed by atoms with Gasteiger partial charge in [-0.05, 0) is 66.2 Å². The highest BCUT2D eigenvalue weighted by molar-refractivity contribution is 6.32. The number of hydrogen-bond acceptors (Lipinski definition) is 5. The van der Waals surface area contributed by atoms with Gasteiger partial charge in [0.2, 0.25) is 0 Å². The summed E-state index contributed by atoms with van der Waals surface area (Å²) in [5.74, 6) is 0.807. The van der Waals surface area contributed by atoms with E-state index in [-0.39, 0.29) is 23.1 Å². The molecule has 8 heteroatoms. The first-order valence-corrected chi connectivity index (χ1v) is 11.0. The Labute approximate surface area is 207 Å². The topological polar surface area (TPSA) is 83.6 Å². The van der Waals surface area contributed by atoms with Crippen LogP contribution in [0.3, 0.4) is 0 Å². The second kappa shape index (κ2) is 10.7. The second-order valence-corrected chi connectivity index (χ2v) is 7.97. The minimum atomic E-state index is -0.521. The zero-order valence-electron chi connectivity index (χ0n) is 18.8. The Hall–Kier alpha value is -4.36. The van der Waals surface area contributed by atoms with Gasteiger partial charge in [-0.15, -0.1) is 0 Å². The molecular weight excluding hydrogens is 468 g/mol. The van der Waals surface area contributed by atoms with Crippen molar-refractivity contribution in [1.29, 1.82) is 0 Å². The Morgan fingerprint density at radius 2 is 1.74 bits per heavy atom. The van der Waals surface area contributed by atoms with Crippen LogP contribution in [-0.4, -0.2) is 22.4 Å². The van der Waals surface area contributed by atoms with Crippen molar-refractivity contribution < 1.29 is 19.2 Å². The van der Waals surface area contributed by atoms with Crippen molar-refractivity contribution in [3.63, 3.8) is 0 Å². The highest BCUT2D eigenvalue weighted by atomic mass is 35.5. The second-order valence-electron chi connectivity index (χ2n) is 7.57. The Kier molecular flexibility index (Phi) is 7.28. The van der Waals surface area contributed by atoms with E-state index in [1.54, 1.807) is 31.4 Å². The first-order valence-electron chi connectivity index (χ1n) is 10.6. The van der Waals surface area contributed by atoms with Crippen LogP contribution < -0.4 is 9.47 Å². The number of methoxy groups -OCH3 is 1. The van der Waals surface area contributed by atoms with Crippen LogP contribution in [0.4, 0.5) is 5.69 Å². The molecule has 0 atom stereocenters. The molecule has 0 aliphatic heterocycles. The van der Waals surface area contributed by atoms with Gasteiger partial charge >= 0.3 is 0 Å². The minimum absolute atomic E-state index is 0.115. The molecule has 0 fully saturated rings. The van der Waals surface area contributed by atoms with Gasteiger partial charge in [0, 0.05) is 41.3 Å². The highest BCUT2D eigenvalue weighted by Gasteiger charge is 2.12. The van der Waals surface area contributed by atoms with Crippen LogP contribution in [0.2, 0.25) is 5.02 Å². The number of allylic oxidation sites excluding steroid dienone is 1. The third kappa shape index (κ3) is 5.77. The number of halogens is 1. The molecule has 1 aromatic heterocycles. The van der Waals surface area contributed by atoms with E-state index in [0.29, 0.717) is 17.1 Å². The number of non-ortho nitro benzene ring substituents is 1. The standard InChI is InChI=1S/C27H21ClN2O5/c1-34-26-12-5-19(16-21(26)18-35-27-13-10-23(30(32)33)17-24(27)28)4-11-25(31)20-6-8-22(9-7-20)29-14-2-3-15-29/h2-17H,18H2,1H3/b11-4+. The van der Waals surface area contributed by atoms with Crippen molar-refractivity contribution >= 4 is 29.1 Å². The zero-order chi connectivity index (χ0) is 24.8. The molecule has 0 N–H and O–H groups in total. The third-order valence-corrected chi connectivity index (χ3v) is 5.59. The zero-order valence-corrected chi connectivity index (χ0v) is 19.5. The van der Waals surface area contributed by atoms with Gasteiger partial charge < -0.3 is 14.0 Å². The molecule has 4 rings (SSSR count). The molecule has 0 spiro atoms. The van der Waals surface area contributed by atoms with Crippen LogP contribution in [0.15, 0.2) is 91.3 Å². The maximum atomic E-state index is 12.6. The van der Waals surface area contributed by atoms with Crippen molar-refractivity contribution in [1.82, 2.24) is 4.57 Å². The summed E-state index contributed by atoms with van der Waals surface area (Å²) in [6.45, 7) is 0.122. The number of nitrogens with zero attached hydrogens (tertiary/aromatic N) is 2. The van der Waals surface area contributed by atoms with E-state index >= 15 is 0 Å². The molecule has 4 aromatic rings. The smallest absolute Gasteiger partial charge is 0.271 e. The van der Waals surface area contributed by atoms with Crippen molar-refractivity contribution in [2.45, 2.75) is 6.61 Å². The Balaban J connectivity index is 1.46. The average Bonchev–Trinajstić information content (AvgIpc) is 3.41. The predicted octanol–water partition coefficient (Wildman–Crippen LogP) is 6.52. The molecule has 0 bridgehead atoms. The fraction of sp³-hybridized carbons (Fsp3) is 0.0741. The van der Waals surface area contributed by atoms with E-state index in [1.807, 2.05) is 53.4 Å². The third-order valence-electron chi connectivity index (χ3n) is 5.30. The molecular formula is C27H21ClN2O5. The van der Waals surface area contributed by atoms with Crippen molar-refractivity contribution in [2.24, 2.45) is 0 Å². The molecule has 0 amide bonds. The van der Waals surface area contributed by atoms with E-state index in [4.69, 9.17) is 21.1 Å². The Morgan fingerprint density at radius 3 is 2.40 bits per heavy atom. The summed E-state index contributed by atoms with van der Waals surface area (Å²) in [4.78, 5) is 23.0. The van der Waals surface area contributed by atoms with Gasteiger partial charge in [0.15, 0.2) is 5.78 Å². The number of nitro benzene ring substituents is 1. The molecule has 35 heavy (non-hydrogen) atoms. The van der Waals surface area contributed by atoms with Crippen LogP contribution in [0, 0.1) is 10.1 Å². The van der Waals surface area contributed by atoms with Crippen molar-refractivity contribution in [3.8, 4) is 17.2 Å². The number of benzene rings is 3. The SMILES string of the molecule is COc1ccc(/C=C/C(=O)c2ccc(-n3cccc3)cc2)cc1COc1ccc([N+](=O)[O-])cc1Cl. The van der Waals surface area contributed by atoms with E-state index in [0.717, 1.165) is 16.8 Å². The average molecular weight is 489 g/mol. The molecule has 0 aliphatic rings. The summed E-state index contributed by atoms with van der Waals surface area (Å²) in [5, 5.41) is 11.0. The molecule has 176 valence electrons. The molecule has 0 unspecified atom stereocenters. The Bertz CT molecular complexity index is 1380. The van der Waals surface area contributed by atoms with Crippen molar-refractivity contribution in [2.75, 3.05) is 7.11 Å². The number of nitro groups is 1. The monoisotopic (exact) mass is 488 g/mol. The Morgan fingerprint density at radius 1 is 1.03 bits per heavy atom. The number of ketones is 1. The van der Waals surface area contributed by atoms with Gasteiger partial charge in [-0.1, -0.05) is 23.7 Å². The number of hydrogen-bond donors (Lipinski definition) is 0. The number of carbonyl (C=O) groups is 1. The maximum Gasteiger partial charge on any atom is 0.271 e. The fourth-order valence-corrected chi connectivity index (χ4v) is 3.69. The largest absolute Gasteiger partial charge is 0.496 e. The van der Waals surface area contributed by atoms with Crippen molar-refractivity contribution in [3.05, 3.63) is 123 Å². The number of ether oxygens (including phenoxy) is 2. The van der Waals surface area contributed by atoms with Crippen LogP contribution >= 0.6 is 11.6 Å². The fourth-order valence-electron chi connectivity index (χ4n) is 3.46. The molecule has 7 nitrogen and oxygen atoms in total. The highest BCUT2D eigenvalue weighted by Crippen LogP contribution is 2.30. The molecule has 3 aromatic carbocycles. The summed E-state index contributed by atoms with van der Waals surface area (Å²) in [6, 6.07) is 20.7.